The van der Waals surface area contributed by atoms with Crippen LogP contribution in [-0.4, -0.2) is 34.2 Å². The average molecular weight is 365 g/mol. The lowest BCUT2D eigenvalue weighted by Gasteiger charge is -2.38. The number of esters is 2. The molecule has 0 saturated heterocycles. The first-order valence-corrected chi connectivity index (χ1v) is 12.0. The molecule has 1 aromatic rings. The lowest BCUT2D eigenvalue weighted by Crippen LogP contribution is -2.49. The third-order valence-electron chi connectivity index (χ3n) is 5.35. The molecule has 4 nitrogen and oxygen atoms in total. The highest BCUT2D eigenvalue weighted by atomic mass is 28.3. The zero-order valence-corrected chi connectivity index (χ0v) is 17.5. The van der Waals surface area contributed by atoms with E-state index in [4.69, 9.17) is 9.47 Å². The Balaban J connectivity index is 3.11. The average Bonchev–Trinajstić information content (AvgIpc) is 2.59. The summed E-state index contributed by atoms with van der Waals surface area (Å²) in [7, 11) is 0.851. The summed E-state index contributed by atoms with van der Waals surface area (Å²) in [5.41, 5.74) is 0.432. The van der Waals surface area contributed by atoms with Crippen LogP contribution < -0.4 is 5.19 Å². The number of ether oxygens (including phenoxy) is 2. The van der Waals surface area contributed by atoms with Crippen molar-refractivity contribution in [1.82, 2.24) is 0 Å². The molecule has 0 bridgehead atoms. The van der Waals surface area contributed by atoms with Gasteiger partial charge in [0.2, 0.25) is 0 Å². The van der Waals surface area contributed by atoms with E-state index in [1.165, 1.54) is 19.4 Å². The molecule has 0 fully saturated rings. The molecule has 2 atom stereocenters. The largest absolute Gasteiger partial charge is 0.468 e. The van der Waals surface area contributed by atoms with Gasteiger partial charge in [-0.3, -0.25) is 9.59 Å². The van der Waals surface area contributed by atoms with Crippen molar-refractivity contribution in [2.45, 2.75) is 45.8 Å². The molecule has 1 rings (SSSR count). The second kappa shape index (κ2) is 9.18. The first-order chi connectivity index (χ1) is 11.7. The Morgan fingerprint density at radius 3 is 1.84 bits per heavy atom. The predicted molar refractivity (Wildman–Crippen MR) is 103 cm³/mol. The Hall–Kier alpha value is -1.62. The van der Waals surface area contributed by atoms with Crippen LogP contribution in [-0.2, 0) is 19.1 Å². The molecule has 0 radical (unpaired) electrons. The van der Waals surface area contributed by atoms with Gasteiger partial charge in [-0.15, -0.1) is 0 Å². The van der Waals surface area contributed by atoms with Gasteiger partial charge in [0.25, 0.3) is 0 Å². The van der Waals surface area contributed by atoms with E-state index in [0.717, 1.165) is 6.42 Å². The summed E-state index contributed by atoms with van der Waals surface area (Å²) in [4.78, 5) is 24.2. The van der Waals surface area contributed by atoms with Crippen LogP contribution in [0.4, 0.5) is 0 Å². The van der Waals surface area contributed by atoms with Crippen LogP contribution in [0.15, 0.2) is 30.3 Å². The van der Waals surface area contributed by atoms with Crippen LogP contribution in [0.3, 0.4) is 0 Å². The fourth-order valence-corrected chi connectivity index (χ4v) is 7.94. The molecule has 0 aliphatic carbocycles. The van der Waals surface area contributed by atoms with E-state index < -0.39 is 25.9 Å². The molecular formula is C20H32O4Si. The topological polar surface area (TPSA) is 52.6 Å². The molecule has 0 unspecified atom stereocenters. The Morgan fingerprint density at radius 2 is 1.44 bits per heavy atom. The zero-order chi connectivity index (χ0) is 19.2. The molecule has 0 saturated carbocycles. The molecule has 0 N–H and O–H groups in total. The third-order valence-corrected chi connectivity index (χ3v) is 9.93. The van der Waals surface area contributed by atoms with Crippen LogP contribution >= 0.6 is 0 Å². The second-order valence-corrected chi connectivity index (χ2v) is 12.4. The minimum atomic E-state index is -1.77. The van der Waals surface area contributed by atoms with E-state index >= 15 is 0 Å². The Morgan fingerprint density at radius 1 is 0.960 bits per heavy atom. The molecular weight excluding hydrogens is 332 g/mol. The molecule has 0 spiro atoms. The highest BCUT2D eigenvalue weighted by Gasteiger charge is 2.41. The van der Waals surface area contributed by atoms with Gasteiger partial charge in [0.15, 0.2) is 5.92 Å². The quantitative estimate of drug-likeness (QED) is 0.402. The van der Waals surface area contributed by atoms with Gasteiger partial charge in [-0.05, 0) is 23.8 Å². The number of benzene rings is 1. The van der Waals surface area contributed by atoms with Crippen molar-refractivity contribution < 1.29 is 19.1 Å². The van der Waals surface area contributed by atoms with Crippen molar-refractivity contribution in [2.24, 2.45) is 17.8 Å². The van der Waals surface area contributed by atoms with Gasteiger partial charge in [-0.1, -0.05) is 69.4 Å². The first-order valence-electron chi connectivity index (χ1n) is 8.87. The highest BCUT2D eigenvalue weighted by molar-refractivity contribution is 6.91. The summed E-state index contributed by atoms with van der Waals surface area (Å²) in [6, 6.07) is 10.6. The van der Waals surface area contributed by atoms with Crippen LogP contribution in [0.2, 0.25) is 18.6 Å². The Kier molecular flexibility index (Phi) is 7.86. The van der Waals surface area contributed by atoms with Crippen LogP contribution in [0.25, 0.3) is 0 Å². The highest BCUT2D eigenvalue weighted by Crippen LogP contribution is 2.38. The molecule has 1 aromatic carbocycles. The molecule has 5 heteroatoms. The summed E-state index contributed by atoms with van der Waals surface area (Å²) < 4.78 is 9.68. The van der Waals surface area contributed by atoms with Crippen LogP contribution in [0.5, 0.6) is 0 Å². The molecule has 25 heavy (non-hydrogen) atoms. The lowest BCUT2D eigenvalue weighted by atomic mass is 9.87. The normalized spacial score (nSPS) is 14.3. The Bertz CT molecular complexity index is 552. The monoisotopic (exact) mass is 364 g/mol. The number of hydrogen-bond acceptors (Lipinski definition) is 4. The first kappa shape index (κ1) is 21.4. The number of methoxy groups -OCH3 is 2. The summed E-state index contributed by atoms with van der Waals surface area (Å²) >= 11 is 0. The molecule has 140 valence electrons. The minimum absolute atomic E-state index is 0.136. The smallest absolute Gasteiger partial charge is 0.320 e. The number of rotatable bonds is 8. The van der Waals surface area contributed by atoms with E-state index in [1.807, 2.05) is 13.0 Å². The SMILES string of the molecule is COC(=O)C(C(=O)OC)[C@@H](C)C[C@H](C(C)C)[Si](C)(C)c1ccccc1. The van der Waals surface area contributed by atoms with Gasteiger partial charge in [0.1, 0.15) is 0 Å². The van der Waals surface area contributed by atoms with Gasteiger partial charge in [0, 0.05) is 0 Å². The summed E-state index contributed by atoms with van der Waals surface area (Å²) in [5.74, 6) is -1.57. The molecule has 0 aromatic heterocycles. The molecule has 0 amide bonds. The molecule has 0 heterocycles. The van der Waals surface area contributed by atoms with Gasteiger partial charge in [-0.25, -0.2) is 0 Å². The zero-order valence-electron chi connectivity index (χ0n) is 16.5. The van der Waals surface area contributed by atoms with Crippen molar-refractivity contribution in [3.63, 3.8) is 0 Å². The van der Waals surface area contributed by atoms with Crippen molar-refractivity contribution >= 4 is 25.2 Å². The van der Waals surface area contributed by atoms with E-state index in [-0.39, 0.29) is 5.92 Å². The van der Waals surface area contributed by atoms with Gasteiger partial charge < -0.3 is 9.47 Å². The van der Waals surface area contributed by atoms with Gasteiger partial charge in [-0.2, -0.15) is 0 Å². The molecule has 0 aliphatic heterocycles. The van der Waals surface area contributed by atoms with Crippen LogP contribution in [0, 0.1) is 17.8 Å². The molecule has 0 aliphatic rings. The fourth-order valence-electron chi connectivity index (χ4n) is 3.83. The summed E-state index contributed by atoms with van der Waals surface area (Å²) in [6.45, 7) is 11.1. The van der Waals surface area contributed by atoms with Crippen molar-refractivity contribution in [1.29, 1.82) is 0 Å². The van der Waals surface area contributed by atoms with E-state index in [0.29, 0.717) is 11.5 Å². The lowest BCUT2D eigenvalue weighted by molar-refractivity contribution is -0.161. The van der Waals surface area contributed by atoms with Crippen LogP contribution in [0.1, 0.15) is 27.2 Å². The minimum Gasteiger partial charge on any atom is -0.468 e. The van der Waals surface area contributed by atoms with Crippen molar-refractivity contribution in [3.05, 3.63) is 30.3 Å². The second-order valence-electron chi connectivity index (χ2n) is 7.68. The summed E-state index contributed by atoms with van der Waals surface area (Å²) in [6.07, 6.45) is 0.792. The Labute approximate surface area is 152 Å². The van der Waals surface area contributed by atoms with Crippen molar-refractivity contribution in [3.8, 4) is 0 Å². The van der Waals surface area contributed by atoms with Gasteiger partial charge in [0.05, 0.1) is 22.3 Å². The van der Waals surface area contributed by atoms with E-state index in [9.17, 15) is 9.59 Å². The number of hydrogen-bond donors (Lipinski definition) is 0. The maximum Gasteiger partial charge on any atom is 0.320 e. The predicted octanol–water partition coefficient (Wildman–Crippen LogP) is 3.62. The van der Waals surface area contributed by atoms with Gasteiger partial charge >= 0.3 is 11.9 Å². The van der Waals surface area contributed by atoms with E-state index in [2.05, 4.69) is 51.2 Å². The third kappa shape index (κ3) is 5.17. The maximum atomic E-state index is 12.1. The number of carbonyl (C=O) groups is 2. The van der Waals surface area contributed by atoms with E-state index in [1.54, 1.807) is 0 Å². The number of carbonyl (C=O) groups excluding carboxylic acids is 2. The standard InChI is InChI=1S/C20H32O4Si/c1-14(2)17(25(6,7)16-11-9-8-10-12-16)13-15(3)18(19(21)23-4)20(22)24-5/h8-12,14-15,17-18H,13H2,1-7H3/t15-,17+/m0/s1. The summed E-state index contributed by atoms with van der Waals surface area (Å²) in [5, 5.41) is 1.40. The maximum absolute atomic E-state index is 12.1. The van der Waals surface area contributed by atoms with Crippen molar-refractivity contribution in [2.75, 3.05) is 14.2 Å². The fraction of sp³-hybridized carbons (Fsp3) is 0.600.